The standard InChI is InChI=1S/C6H12F2/c1-2-3-6(4-7)5-8/h6H,2-5H2,1H3. The van der Waals surface area contributed by atoms with Crippen LogP contribution < -0.4 is 0 Å². The van der Waals surface area contributed by atoms with Gasteiger partial charge in [0.2, 0.25) is 0 Å². The van der Waals surface area contributed by atoms with Gasteiger partial charge in [-0.05, 0) is 6.42 Å². The summed E-state index contributed by atoms with van der Waals surface area (Å²) in [5.74, 6) is -0.333. The van der Waals surface area contributed by atoms with E-state index >= 15 is 0 Å². The van der Waals surface area contributed by atoms with E-state index in [4.69, 9.17) is 0 Å². The zero-order valence-electron chi connectivity index (χ0n) is 5.16. The van der Waals surface area contributed by atoms with Crippen LogP contribution in [-0.4, -0.2) is 13.3 Å². The second-order valence-electron chi connectivity index (χ2n) is 1.96. The van der Waals surface area contributed by atoms with Crippen LogP contribution in [0.25, 0.3) is 0 Å². The van der Waals surface area contributed by atoms with Crippen molar-refractivity contribution in [1.82, 2.24) is 0 Å². The van der Waals surface area contributed by atoms with E-state index in [1.807, 2.05) is 6.92 Å². The lowest BCUT2D eigenvalue weighted by molar-refractivity contribution is 0.274. The molecule has 0 atom stereocenters. The molecule has 0 saturated heterocycles. The molecule has 2 heteroatoms. The zero-order chi connectivity index (χ0) is 6.41. The first-order valence-electron chi connectivity index (χ1n) is 2.97. The van der Waals surface area contributed by atoms with Crippen LogP contribution in [0, 0.1) is 5.92 Å². The molecule has 0 fully saturated rings. The maximum atomic E-state index is 11.6. The van der Waals surface area contributed by atoms with Crippen LogP contribution >= 0.6 is 0 Å². The van der Waals surface area contributed by atoms with Gasteiger partial charge < -0.3 is 0 Å². The summed E-state index contributed by atoms with van der Waals surface area (Å²) in [6.45, 7) is 0.910. The fraction of sp³-hybridized carbons (Fsp3) is 1.00. The third kappa shape index (κ3) is 2.94. The molecule has 0 heterocycles. The molecule has 0 aromatic heterocycles. The van der Waals surface area contributed by atoms with E-state index in [2.05, 4.69) is 0 Å². The molecule has 0 N–H and O–H groups in total. The molecule has 0 spiro atoms. The van der Waals surface area contributed by atoms with Crippen LogP contribution in [0.15, 0.2) is 0 Å². The minimum absolute atomic E-state index is 0.333. The minimum Gasteiger partial charge on any atom is -0.251 e. The van der Waals surface area contributed by atoms with E-state index in [1.165, 1.54) is 0 Å². The number of hydrogen-bond donors (Lipinski definition) is 0. The minimum atomic E-state index is -0.510. The van der Waals surface area contributed by atoms with Crippen molar-refractivity contribution >= 4 is 0 Å². The van der Waals surface area contributed by atoms with Crippen molar-refractivity contribution in [1.29, 1.82) is 0 Å². The van der Waals surface area contributed by atoms with Crippen molar-refractivity contribution in [2.75, 3.05) is 13.3 Å². The molecule has 8 heavy (non-hydrogen) atoms. The van der Waals surface area contributed by atoms with Gasteiger partial charge in [-0.1, -0.05) is 13.3 Å². The Kier molecular flexibility index (Phi) is 4.92. The lowest BCUT2D eigenvalue weighted by Gasteiger charge is -2.03. The number of hydrogen-bond acceptors (Lipinski definition) is 0. The van der Waals surface area contributed by atoms with Crippen molar-refractivity contribution in [3.8, 4) is 0 Å². The van der Waals surface area contributed by atoms with Gasteiger partial charge in [0.25, 0.3) is 0 Å². The molecule has 0 unspecified atom stereocenters. The summed E-state index contributed by atoms with van der Waals surface area (Å²) >= 11 is 0. The SMILES string of the molecule is CCCC(CF)CF. The fourth-order valence-corrected chi connectivity index (χ4v) is 0.604. The Morgan fingerprint density at radius 2 is 1.75 bits per heavy atom. The third-order valence-electron chi connectivity index (χ3n) is 1.13. The lowest BCUT2D eigenvalue weighted by Crippen LogP contribution is -2.03. The van der Waals surface area contributed by atoms with E-state index in [0.29, 0.717) is 6.42 Å². The smallest absolute Gasteiger partial charge is 0.0947 e. The summed E-state index contributed by atoms with van der Waals surface area (Å²) in [5, 5.41) is 0. The Hall–Kier alpha value is -0.140. The predicted octanol–water partition coefficient (Wildman–Crippen LogP) is 2.34. The van der Waals surface area contributed by atoms with Gasteiger partial charge in [0.1, 0.15) is 0 Å². The lowest BCUT2D eigenvalue weighted by atomic mass is 10.1. The largest absolute Gasteiger partial charge is 0.251 e. The summed E-state index contributed by atoms with van der Waals surface area (Å²) in [6.07, 6.45) is 1.55. The van der Waals surface area contributed by atoms with Gasteiger partial charge in [0, 0.05) is 5.92 Å². The first-order chi connectivity index (χ1) is 3.85. The highest BCUT2D eigenvalue weighted by molar-refractivity contribution is 4.53. The van der Waals surface area contributed by atoms with Crippen molar-refractivity contribution in [2.45, 2.75) is 19.8 Å². The molecule has 0 aliphatic heterocycles. The summed E-state index contributed by atoms with van der Waals surface area (Å²) < 4.78 is 23.2. The Balaban J connectivity index is 3.07. The quantitative estimate of drug-likeness (QED) is 0.537. The molecule has 0 aromatic rings. The monoisotopic (exact) mass is 122 g/mol. The highest BCUT2D eigenvalue weighted by atomic mass is 19.1. The van der Waals surface area contributed by atoms with E-state index < -0.39 is 13.3 Å². The van der Waals surface area contributed by atoms with E-state index in [0.717, 1.165) is 6.42 Å². The summed E-state index contributed by atoms with van der Waals surface area (Å²) in [5.41, 5.74) is 0. The second-order valence-corrected chi connectivity index (χ2v) is 1.96. The average Bonchev–Trinajstić information content (AvgIpc) is 1.83. The van der Waals surface area contributed by atoms with Crippen LogP contribution in [-0.2, 0) is 0 Å². The van der Waals surface area contributed by atoms with Crippen molar-refractivity contribution in [2.24, 2.45) is 5.92 Å². The van der Waals surface area contributed by atoms with Crippen LogP contribution in [0.2, 0.25) is 0 Å². The highest BCUT2D eigenvalue weighted by Gasteiger charge is 2.04. The van der Waals surface area contributed by atoms with Crippen molar-refractivity contribution < 1.29 is 8.78 Å². The fourth-order valence-electron chi connectivity index (χ4n) is 0.604. The molecule has 0 aliphatic rings. The van der Waals surface area contributed by atoms with E-state index in [1.54, 1.807) is 0 Å². The molecule has 50 valence electrons. The molecule has 0 radical (unpaired) electrons. The summed E-state index contributed by atoms with van der Waals surface area (Å²) in [6, 6.07) is 0. The Labute approximate surface area is 48.9 Å². The number of halogens is 2. The number of alkyl halides is 2. The van der Waals surface area contributed by atoms with Crippen molar-refractivity contribution in [3.05, 3.63) is 0 Å². The van der Waals surface area contributed by atoms with Gasteiger partial charge in [0.05, 0.1) is 13.3 Å². The molecule has 0 rings (SSSR count). The highest BCUT2D eigenvalue weighted by Crippen LogP contribution is 2.06. The Morgan fingerprint density at radius 1 is 1.25 bits per heavy atom. The van der Waals surface area contributed by atoms with Crippen LogP contribution in [0.4, 0.5) is 8.78 Å². The Morgan fingerprint density at radius 3 is 1.88 bits per heavy atom. The summed E-state index contributed by atoms with van der Waals surface area (Å²) in [7, 11) is 0. The Bertz CT molecular complexity index is 41.8. The van der Waals surface area contributed by atoms with E-state index in [9.17, 15) is 8.78 Å². The molecular formula is C6H12F2. The van der Waals surface area contributed by atoms with Crippen molar-refractivity contribution in [3.63, 3.8) is 0 Å². The first kappa shape index (κ1) is 7.86. The van der Waals surface area contributed by atoms with Gasteiger partial charge in [0.15, 0.2) is 0 Å². The summed E-state index contributed by atoms with van der Waals surface area (Å²) in [4.78, 5) is 0. The van der Waals surface area contributed by atoms with Crippen LogP contribution in [0.3, 0.4) is 0 Å². The molecule has 0 nitrogen and oxygen atoms in total. The molecular weight excluding hydrogens is 110 g/mol. The van der Waals surface area contributed by atoms with Gasteiger partial charge >= 0.3 is 0 Å². The molecule has 0 aromatic carbocycles. The topological polar surface area (TPSA) is 0 Å². The molecule has 0 saturated carbocycles. The van der Waals surface area contributed by atoms with Gasteiger partial charge in [-0.15, -0.1) is 0 Å². The van der Waals surface area contributed by atoms with Gasteiger partial charge in [-0.3, -0.25) is 8.78 Å². The van der Waals surface area contributed by atoms with Crippen LogP contribution in [0.5, 0.6) is 0 Å². The van der Waals surface area contributed by atoms with Gasteiger partial charge in [-0.2, -0.15) is 0 Å². The normalized spacial score (nSPS) is 10.5. The molecule has 0 amide bonds. The van der Waals surface area contributed by atoms with Crippen LogP contribution in [0.1, 0.15) is 19.8 Å². The molecule has 0 bridgehead atoms. The maximum Gasteiger partial charge on any atom is 0.0947 e. The first-order valence-corrected chi connectivity index (χ1v) is 2.97. The number of rotatable bonds is 4. The molecule has 0 aliphatic carbocycles. The second kappa shape index (κ2) is 5.01. The third-order valence-corrected chi connectivity index (χ3v) is 1.13. The van der Waals surface area contributed by atoms with Gasteiger partial charge in [-0.25, -0.2) is 0 Å². The zero-order valence-corrected chi connectivity index (χ0v) is 5.16. The predicted molar refractivity (Wildman–Crippen MR) is 30.3 cm³/mol. The maximum absolute atomic E-state index is 11.6. The van der Waals surface area contributed by atoms with E-state index in [-0.39, 0.29) is 5.92 Å². The average molecular weight is 122 g/mol.